The van der Waals surface area contributed by atoms with Crippen LogP contribution in [0.3, 0.4) is 0 Å². The molecule has 1 atom stereocenters. The summed E-state index contributed by atoms with van der Waals surface area (Å²) >= 11 is 1.48. The van der Waals surface area contributed by atoms with Crippen molar-refractivity contribution < 1.29 is 14.6 Å². The third-order valence-corrected chi connectivity index (χ3v) is 5.49. The zero-order valence-electron chi connectivity index (χ0n) is 13.7. The van der Waals surface area contributed by atoms with Gasteiger partial charge in [0.2, 0.25) is 5.91 Å². The maximum absolute atomic E-state index is 12.2. The minimum Gasteiger partial charge on any atom is -0.497 e. The number of hydrogen-bond acceptors (Lipinski definition) is 5. The van der Waals surface area contributed by atoms with Crippen molar-refractivity contribution in [3.63, 3.8) is 0 Å². The Hall–Kier alpha value is -2.05. The molecule has 1 heterocycles. The molecule has 1 aliphatic carbocycles. The highest BCUT2D eigenvalue weighted by Gasteiger charge is 2.24. The van der Waals surface area contributed by atoms with Gasteiger partial charge in [-0.05, 0) is 42.5 Å². The summed E-state index contributed by atoms with van der Waals surface area (Å²) in [7, 11) is 1.63. The van der Waals surface area contributed by atoms with Gasteiger partial charge in [-0.3, -0.25) is 4.79 Å². The average Bonchev–Trinajstić information content (AvgIpc) is 2.88. The van der Waals surface area contributed by atoms with Gasteiger partial charge in [0.25, 0.3) is 0 Å². The lowest BCUT2D eigenvalue weighted by Gasteiger charge is -2.16. The number of nitrogens with one attached hydrogen (secondary N) is 1. The number of methoxy groups -OCH3 is 1. The van der Waals surface area contributed by atoms with E-state index >= 15 is 0 Å². The Labute approximate surface area is 145 Å². The van der Waals surface area contributed by atoms with Crippen LogP contribution < -0.4 is 15.8 Å². The molecule has 0 saturated carbocycles. The van der Waals surface area contributed by atoms with Crippen molar-refractivity contribution in [2.75, 3.05) is 18.2 Å². The number of fused-ring (bicyclic) bond motifs is 1. The van der Waals surface area contributed by atoms with Crippen LogP contribution in [-0.2, 0) is 24.1 Å². The van der Waals surface area contributed by atoms with E-state index in [-0.39, 0.29) is 12.0 Å². The Morgan fingerprint density at radius 1 is 1.50 bits per heavy atom. The first-order valence-electron chi connectivity index (χ1n) is 8.07. The molecule has 2 aromatic rings. The average molecular weight is 346 g/mol. The molecule has 1 aromatic carbocycles. The third-order valence-electron chi connectivity index (χ3n) is 4.31. The molecule has 128 valence electrons. The van der Waals surface area contributed by atoms with Gasteiger partial charge in [0.1, 0.15) is 10.8 Å². The minimum atomic E-state index is -0.299. The molecule has 6 heteroatoms. The molecule has 5 nitrogen and oxygen atoms in total. The summed E-state index contributed by atoms with van der Waals surface area (Å²) in [5.74, 6) is 0.741. The first kappa shape index (κ1) is 16.8. The summed E-state index contributed by atoms with van der Waals surface area (Å²) in [5.41, 5.74) is 8.98. The fourth-order valence-corrected chi connectivity index (χ4v) is 4.22. The zero-order valence-corrected chi connectivity index (χ0v) is 14.5. The second kappa shape index (κ2) is 7.23. The number of anilines is 2. The fourth-order valence-electron chi connectivity index (χ4n) is 2.96. The van der Waals surface area contributed by atoms with Crippen LogP contribution in [0.2, 0.25) is 0 Å². The number of carbonyl (C=O) groups is 1. The maximum atomic E-state index is 12.2. The first-order chi connectivity index (χ1) is 11.6. The van der Waals surface area contributed by atoms with Gasteiger partial charge in [-0.15, -0.1) is 11.3 Å². The normalized spacial score (nSPS) is 16.5. The molecule has 0 radical (unpaired) electrons. The van der Waals surface area contributed by atoms with Gasteiger partial charge in [-0.25, -0.2) is 0 Å². The molecule has 1 amide bonds. The number of aryl methyl sites for hydroxylation is 1. The molecule has 3 rings (SSSR count). The monoisotopic (exact) mass is 346 g/mol. The summed E-state index contributed by atoms with van der Waals surface area (Å²) in [4.78, 5) is 13.3. The summed E-state index contributed by atoms with van der Waals surface area (Å²) in [5, 5.41) is 13.4. The Morgan fingerprint density at radius 3 is 3.12 bits per heavy atom. The molecule has 0 saturated heterocycles. The number of thiophene rings is 1. The van der Waals surface area contributed by atoms with Crippen LogP contribution in [0.15, 0.2) is 24.3 Å². The first-order valence-corrected chi connectivity index (χ1v) is 8.89. The Morgan fingerprint density at radius 2 is 2.33 bits per heavy atom. The lowest BCUT2D eigenvalue weighted by molar-refractivity contribution is -0.116. The SMILES string of the molecule is COc1cccc(CCC(=O)Nc2sc3c(c2N)CCC(O)C3)c1. The Bertz CT molecular complexity index is 742. The van der Waals surface area contributed by atoms with Gasteiger partial charge in [-0.1, -0.05) is 12.1 Å². The standard InChI is InChI=1S/C18H22N2O3S/c1-23-13-4-2-3-11(9-13)5-8-16(22)20-18-17(19)14-7-6-12(21)10-15(14)24-18/h2-4,9,12,21H,5-8,10,19H2,1H3,(H,20,22). The van der Waals surface area contributed by atoms with E-state index in [0.29, 0.717) is 30.0 Å². The van der Waals surface area contributed by atoms with Gasteiger partial charge in [-0.2, -0.15) is 0 Å². The van der Waals surface area contributed by atoms with E-state index in [1.54, 1.807) is 7.11 Å². The molecular weight excluding hydrogens is 324 g/mol. The number of carbonyl (C=O) groups excluding carboxylic acids is 1. The van der Waals surface area contributed by atoms with Gasteiger partial charge in [0, 0.05) is 17.7 Å². The van der Waals surface area contributed by atoms with Crippen molar-refractivity contribution >= 4 is 27.9 Å². The van der Waals surface area contributed by atoms with E-state index < -0.39 is 0 Å². The van der Waals surface area contributed by atoms with Crippen LogP contribution in [0.5, 0.6) is 5.75 Å². The highest BCUT2D eigenvalue weighted by atomic mass is 32.1. The fraction of sp³-hybridized carbons (Fsp3) is 0.389. The van der Waals surface area contributed by atoms with Crippen molar-refractivity contribution in [1.82, 2.24) is 0 Å². The largest absolute Gasteiger partial charge is 0.497 e. The topological polar surface area (TPSA) is 84.6 Å². The van der Waals surface area contributed by atoms with Crippen LogP contribution in [0.25, 0.3) is 0 Å². The van der Waals surface area contributed by atoms with E-state index in [1.807, 2.05) is 24.3 Å². The van der Waals surface area contributed by atoms with Crippen LogP contribution in [0.4, 0.5) is 10.7 Å². The van der Waals surface area contributed by atoms with Crippen LogP contribution in [0, 0.1) is 0 Å². The summed E-state index contributed by atoms with van der Waals surface area (Å²) in [6.07, 6.45) is 2.87. The highest BCUT2D eigenvalue weighted by Crippen LogP contribution is 2.40. The van der Waals surface area contributed by atoms with Crippen molar-refractivity contribution in [1.29, 1.82) is 0 Å². The van der Waals surface area contributed by atoms with E-state index in [1.165, 1.54) is 11.3 Å². The van der Waals surface area contributed by atoms with E-state index in [4.69, 9.17) is 10.5 Å². The van der Waals surface area contributed by atoms with Gasteiger partial charge < -0.3 is 20.9 Å². The number of ether oxygens (including phenoxy) is 1. The molecule has 0 spiro atoms. The molecule has 1 aliphatic rings. The highest BCUT2D eigenvalue weighted by molar-refractivity contribution is 7.17. The molecule has 24 heavy (non-hydrogen) atoms. The lowest BCUT2D eigenvalue weighted by Crippen LogP contribution is -2.17. The number of aliphatic hydroxyl groups excluding tert-OH is 1. The number of benzene rings is 1. The van der Waals surface area contributed by atoms with Crippen LogP contribution in [-0.4, -0.2) is 24.2 Å². The van der Waals surface area contributed by atoms with Crippen molar-refractivity contribution in [2.45, 2.75) is 38.2 Å². The number of nitrogens with two attached hydrogens (primary N) is 1. The summed E-state index contributed by atoms with van der Waals surface area (Å²) in [6.45, 7) is 0. The van der Waals surface area contributed by atoms with Crippen LogP contribution >= 0.6 is 11.3 Å². The Balaban J connectivity index is 1.61. The lowest BCUT2D eigenvalue weighted by atomic mass is 9.96. The molecule has 0 fully saturated rings. The maximum Gasteiger partial charge on any atom is 0.225 e. The van der Waals surface area contributed by atoms with Gasteiger partial charge in [0.05, 0.1) is 18.9 Å². The van der Waals surface area contributed by atoms with Crippen molar-refractivity contribution in [3.8, 4) is 5.75 Å². The zero-order chi connectivity index (χ0) is 17.1. The van der Waals surface area contributed by atoms with Crippen molar-refractivity contribution in [2.24, 2.45) is 0 Å². The second-order valence-corrected chi connectivity index (χ2v) is 7.15. The number of aliphatic hydroxyl groups is 1. The smallest absolute Gasteiger partial charge is 0.225 e. The minimum absolute atomic E-state index is 0.0522. The number of amides is 1. The molecule has 0 bridgehead atoms. The second-order valence-electron chi connectivity index (χ2n) is 6.04. The van der Waals surface area contributed by atoms with E-state index in [2.05, 4.69) is 5.32 Å². The van der Waals surface area contributed by atoms with Gasteiger partial charge in [0.15, 0.2) is 0 Å². The number of nitrogen functional groups attached to an aromatic ring is 1. The predicted octanol–water partition coefficient (Wildman–Crippen LogP) is 2.76. The summed E-state index contributed by atoms with van der Waals surface area (Å²) < 4.78 is 5.19. The molecule has 4 N–H and O–H groups in total. The Kier molecular flexibility index (Phi) is 5.06. The molecular formula is C18H22N2O3S. The van der Waals surface area contributed by atoms with Gasteiger partial charge >= 0.3 is 0 Å². The molecule has 0 aliphatic heterocycles. The molecule has 1 unspecified atom stereocenters. The summed E-state index contributed by atoms with van der Waals surface area (Å²) in [6, 6.07) is 7.72. The molecule has 1 aromatic heterocycles. The van der Waals surface area contributed by atoms with E-state index in [0.717, 1.165) is 34.6 Å². The predicted molar refractivity (Wildman–Crippen MR) is 96.7 cm³/mol. The number of rotatable bonds is 5. The quantitative estimate of drug-likeness (QED) is 0.777. The van der Waals surface area contributed by atoms with E-state index in [9.17, 15) is 9.90 Å². The van der Waals surface area contributed by atoms with Crippen LogP contribution in [0.1, 0.15) is 28.8 Å². The van der Waals surface area contributed by atoms with Crippen molar-refractivity contribution in [3.05, 3.63) is 40.3 Å². The third kappa shape index (κ3) is 3.71. The number of hydrogen-bond donors (Lipinski definition) is 3.